The number of aromatic nitrogens is 3. The molecule has 3 aromatic rings. The lowest BCUT2D eigenvalue weighted by Crippen LogP contribution is -1.97. The zero-order chi connectivity index (χ0) is 15.7. The Hall–Kier alpha value is -2.04. The number of nitrogens with one attached hydrogen (secondary N) is 1. The number of hydrogen-bond acceptors (Lipinski definition) is 3. The van der Waals surface area contributed by atoms with Crippen molar-refractivity contribution in [2.45, 2.75) is 6.92 Å². The first-order valence-electron chi connectivity index (χ1n) is 6.72. The van der Waals surface area contributed by atoms with E-state index in [0.29, 0.717) is 15.9 Å². The topological polar surface area (TPSA) is 42.7 Å². The number of anilines is 2. The molecule has 6 heteroatoms. The molecule has 4 nitrogen and oxygen atoms in total. The zero-order valence-electron chi connectivity index (χ0n) is 12.1. The van der Waals surface area contributed by atoms with Gasteiger partial charge in [-0.25, -0.2) is 4.98 Å². The summed E-state index contributed by atoms with van der Waals surface area (Å²) < 4.78 is 1.81. The van der Waals surface area contributed by atoms with E-state index in [2.05, 4.69) is 15.4 Å². The molecular weight excluding hydrogens is 319 g/mol. The Labute approximate surface area is 138 Å². The van der Waals surface area contributed by atoms with Crippen LogP contribution in [0.5, 0.6) is 0 Å². The maximum atomic E-state index is 6.34. The lowest BCUT2D eigenvalue weighted by molar-refractivity contribution is 0.764. The Morgan fingerprint density at radius 3 is 2.41 bits per heavy atom. The first-order chi connectivity index (χ1) is 10.5. The van der Waals surface area contributed by atoms with Gasteiger partial charge < -0.3 is 5.32 Å². The predicted octanol–water partition coefficient (Wildman–Crippen LogP) is 4.84. The van der Waals surface area contributed by atoms with Crippen molar-refractivity contribution in [1.29, 1.82) is 0 Å². The molecule has 0 saturated heterocycles. The Bertz CT molecular complexity index is 810. The fourth-order valence-corrected chi connectivity index (χ4v) is 2.56. The number of aryl methyl sites for hydroxylation is 2. The van der Waals surface area contributed by atoms with E-state index in [4.69, 9.17) is 23.2 Å². The van der Waals surface area contributed by atoms with E-state index >= 15 is 0 Å². The summed E-state index contributed by atoms with van der Waals surface area (Å²) in [6.45, 7) is 1.95. The third-order valence-electron chi connectivity index (χ3n) is 3.25. The van der Waals surface area contributed by atoms with Crippen LogP contribution in [-0.4, -0.2) is 14.8 Å². The van der Waals surface area contributed by atoms with Crippen LogP contribution >= 0.6 is 23.2 Å². The second-order valence-electron chi connectivity index (χ2n) is 4.98. The fourth-order valence-electron chi connectivity index (χ4n) is 2.22. The molecule has 0 unspecified atom stereocenters. The van der Waals surface area contributed by atoms with E-state index in [-0.39, 0.29) is 0 Å². The molecule has 0 spiro atoms. The summed E-state index contributed by atoms with van der Waals surface area (Å²) in [5, 5.41) is 8.74. The van der Waals surface area contributed by atoms with Crippen LogP contribution in [0.15, 0.2) is 42.6 Å². The second kappa shape index (κ2) is 5.99. The quantitative estimate of drug-likeness (QED) is 0.746. The van der Waals surface area contributed by atoms with Gasteiger partial charge in [-0.3, -0.25) is 4.68 Å². The van der Waals surface area contributed by atoms with Crippen LogP contribution in [0.3, 0.4) is 0 Å². The molecule has 3 rings (SSSR count). The van der Waals surface area contributed by atoms with Crippen molar-refractivity contribution in [3.05, 3.63) is 58.3 Å². The maximum absolute atomic E-state index is 6.34. The van der Waals surface area contributed by atoms with Gasteiger partial charge in [0.2, 0.25) is 0 Å². The Morgan fingerprint density at radius 2 is 1.82 bits per heavy atom. The predicted molar refractivity (Wildman–Crippen MR) is 90.9 cm³/mol. The highest BCUT2D eigenvalue weighted by atomic mass is 35.5. The first-order valence-corrected chi connectivity index (χ1v) is 7.47. The van der Waals surface area contributed by atoms with E-state index in [9.17, 15) is 0 Å². The summed E-state index contributed by atoms with van der Waals surface area (Å²) in [4.78, 5) is 4.41. The van der Waals surface area contributed by atoms with Crippen molar-refractivity contribution in [1.82, 2.24) is 14.8 Å². The molecule has 0 radical (unpaired) electrons. The fraction of sp³-hybridized carbons (Fsp3) is 0.125. The second-order valence-corrected chi connectivity index (χ2v) is 5.82. The van der Waals surface area contributed by atoms with E-state index in [1.54, 1.807) is 6.20 Å². The summed E-state index contributed by atoms with van der Waals surface area (Å²) in [6.07, 6.45) is 1.78. The van der Waals surface area contributed by atoms with Crippen molar-refractivity contribution in [3.8, 4) is 11.3 Å². The van der Waals surface area contributed by atoms with Gasteiger partial charge in [-0.15, -0.1) is 0 Å². The summed E-state index contributed by atoms with van der Waals surface area (Å²) in [5.41, 5.74) is 3.74. The molecule has 0 aliphatic rings. The average Bonchev–Trinajstić information content (AvgIpc) is 2.82. The highest BCUT2D eigenvalue weighted by molar-refractivity contribution is 6.33. The minimum Gasteiger partial charge on any atom is -0.339 e. The van der Waals surface area contributed by atoms with Crippen LogP contribution in [0, 0.1) is 6.92 Å². The minimum atomic E-state index is 0.548. The van der Waals surface area contributed by atoms with Crippen molar-refractivity contribution < 1.29 is 0 Å². The molecule has 0 bridgehead atoms. The third kappa shape index (κ3) is 3.08. The molecule has 0 fully saturated rings. The maximum Gasteiger partial charge on any atom is 0.149 e. The number of hydrogen-bond donors (Lipinski definition) is 1. The molecule has 0 saturated carbocycles. The van der Waals surface area contributed by atoms with Gasteiger partial charge in [-0.05, 0) is 43.3 Å². The van der Waals surface area contributed by atoms with Crippen LogP contribution in [-0.2, 0) is 7.05 Å². The van der Waals surface area contributed by atoms with Crippen LogP contribution in [0.2, 0.25) is 10.0 Å². The van der Waals surface area contributed by atoms with E-state index in [1.165, 1.54) is 0 Å². The Kier molecular flexibility index (Phi) is 4.05. The van der Waals surface area contributed by atoms with Gasteiger partial charge in [-0.1, -0.05) is 23.2 Å². The summed E-state index contributed by atoms with van der Waals surface area (Å²) >= 11 is 12.2. The van der Waals surface area contributed by atoms with E-state index in [0.717, 1.165) is 22.6 Å². The minimum absolute atomic E-state index is 0.548. The van der Waals surface area contributed by atoms with Crippen LogP contribution in [0.1, 0.15) is 5.69 Å². The molecule has 1 N–H and O–H groups in total. The summed E-state index contributed by atoms with van der Waals surface area (Å²) in [5.74, 6) is 0.603. The van der Waals surface area contributed by atoms with Crippen LogP contribution < -0.4 is 5.32 Å². The lowest BCUT2D eigenvalue weighted by Gasteiger charge is -2.09. The standard InChI is InChI=1S/C16H14Cl2N4/c1-10-7-15(22(2)21-10)11-8-14(18)16(19-9-11)20-13-5-3-12(17)4-6-13/h3-9H,1-2H3,(H,19,20). The molecule has 1 aromatic carbocycles. The van der Waals surface area contributed by atoms with E-state index < -0.39 is 0 Å². The lowest BCUT2D eigenvalue weighted by atomic mass is 10.2. The number of benzene rings is 1. The SMILES string of the molecule is Cc1cc(-c2cnc(Nc3ccc(Cl)cc3)c(Cl)c2)n(C)n1. The van der Waals surface area contributed by atoms with Crippen molar-refractivity contribution in [2.24, 2.45) is 7.05 Å². The summed E-state index contributed by atoms with van der Waals surface area (Å²) in [7, 11) is 1.90. The largest absolute Gasteiger partial charge is 0.339 e. The van der Waals surface area contributed by atoms with Gasteiger partial charge in [0.1, 0.15) is 5.82 Å². The molecule has 0 amide bonds. The highest BCUT2D eigenvalue weighted by Gasteiger charge is 2.09. The summed E-state index contributed by atoms with van der Waals surface area (Å²) in [6, 6.07) is 11.2. The molecule has 22 heavy (non-hydrogen) atoms. The average molecular weight is 333 g/mol. The Morgan fingerprint density at radius 1 is 1.09 bits per heavy atom. The van der Waals surface area contributed by atoms with Crippen LogP contribution in [0.4, 0.5) is 11.5 Å². The van der Waals surface area contributed by atoms with Gasteiger partial charge in [0.25, 0.3) is 0 Å². The van der Waals surface area contributed by atoms with Gasteiger partial charge >= 0.3 is 0 Å². The van der Waals surface area contributed by atoms with E-state index in [1.807, 2.05) is 55.1 Å². The zero-order valence-corrected chi connectivity index (χ0v) is 13.7. The molecule has 0 atom stereocenters. The first kappa shape index (κ1) is 14.9. The van der Waals surface area contributed by atoms with Gasteiger partial charge in [0, 0.05) is 29.5 Å². The molecule has 2 aromatic heterocycles. The molecular formula is C16H14Cl2N4. The van der Waals surface area contributed by atoms with Crippen molar-refractivity contribution >= 4 is 34.7 Å². The molecule has 0 aliphatic heterocycles. The highest BCUT2D eigenvalue weighted by Crippen LogP contribution is 2.29. The van der Waals surface area contributed by atoms with Gasteiger partial charge in [0.05, 0.1) is 16.4 Å². The number of halogens is 2. The number of nitrogens with zero attached hydrogens (tertiary/aromatic N) is 3. The number of rotatable bonds is 3. The molecule has 0 aliphatic carbocycles. The third-order valence-corrected chi connectivity index (χ3v) is 3.79. The monoisotopic (exact) mass is 332 g/mol. The number of pyridine rings is 1. The van der Waals surface area contributed by atoms with Crippen molar-refractivity contribution in [2.75, 3.05) is 5.32 Å². The smallest absolute Gasteiger partial charge is 0.149 e. The molecule has 112 valence electrons. The van der Waals surface area contributed by atoms with Crippen molar-refractivity contribution in [3.63, 3.8) is 0 Å². The Balaban J connectivity index is 1.89. The van der Waals surface area contributed by atoms with Crippen LogP contribution in [0.25, 0.3) is 11.3 Å². The van der Waals surface area contributed by atoms with Gasteiger partial charge in [0.15, 0.2) is 0 Å². The van der Waals surface area contributed by atoms with Gasteiger partial charge in [-0.2, -0.15) is 5.10 Å². The normalized spacial score (nSPS) is 10.7. The molecule has 2 heterocycles.